The lowest BCUT2D eigenvalue weighted by Gasteiger charge is -2.20. The van der Waals surface area contributed by atoms with Crippen molar-refractivity contribution in [2.24, 2.45) is 0 Å². The molecule has 0 amide bonds. The van der Waals surface area contributed by atoms with E-state index in [1.54, 1.807) is 13.1 Å². The summed E-state index contributed by atoms with van der Waals surface area (Å²) >= 11 is 0. The maximum Gasteiger partial charge on any atom is 0.330 e. The van der Waals surface area contributed by atoms with Crippen LogP contribution in [0, 0.1) is 0 Å². The van der Waals surface area contributed by atoms with Crippen molar-refractivity contribution in [1.82, 2.24) is 9.97 Å². The van der Waals surface area contributed by atoms with Crippen LogP contribution in [0.3, 0.4) is 0 Å². The molecule has 0 saturated carbocycles. The Bertz CT molecular complexity index is 475. The topological polar surface area (TPSA) is 47.0 Å². The van der Waals surface area contributed by atoms with Crippen molar-refractivity contribution in [2.75, 3.05) is 19.0 Å². The van der Waals surface area contributed by atoms with E-state index in [4.69, 9.17) is 0 Å². The summed E-state index contributed by atoms with van der Waals surface area (Å²) < 4.78 is 54.1. The van der Waals surface area contributed by atoms with Crippen LogP contribution in [0.4, 0.5) is 23.4 Å². The highest BCUT2D eigenvalue weighted by Crippen LogP contribution is 2.24. The van der Waals surface area contributed by atoms with E-state index in [1.807, 2.05) is 20.8 Å². The summed E-state index contributed by atoms with van der Waals surface area (Å²) in [5, 5.41) is 2.83. The largest absolute Gasteiger partial charge is 0.373 e. The molecular formula is C13H19F4N3O. The van der Waals surface area contributed by atoms with Crippen LogP contribution in [-0.4, -0.2) is 36.0 Å². The van der Waals surface area contributed by atoms with Crippen LogP contribution in [0.15, 0.2) is 6.07 Å². The molecule has 0 aromatic carbocycles. The standard InChI is InChI=1S/C13H19F4N3O/c1-12(2,3)8-5-9(18-4)20-10(19-8)6-21-7-13(16,17)11(14)15/h5,11H,6-7H2,1-4H3,(H,18,19,20). The van der Waals surface area contributed by atoms with Crippen LogP contribution < -0.4 is 5.32 Å². The minimum Gasteiger partial charge on any atom is -0.373 e. The second-order valence-electron chi connectivity index (χ2n) is 5.61. The summed E-state index contributed by atoms with van der Waals surface area (Å²) in [4.78, 5) is 8.26. The highest BCUT2D eigenvalue weighted by Gasteiger charge is 2.41. The second kappa shape index (κ2) is 6.55. The number of alkyl halides is 4. The third-order valence-corrected chi connectivity index (χ3v) is 2.64. The van der Waals surface area contributed by atoms with E-state index in [0.717, 1.165) is 0 Å². The van der Waals surface area contributed by atoms with Crippen molar-refractivity contribution in [1.29, 1.82) is 0 Å². The first kappa shape index (κ1) is 17.6. The molecule has 21 heavy (non-hydrogen) atoms. The highest BCUT2D eigenvalue weighted by molar-refractivity contribution is 5.37. The predicted molar refractivity (Wildman–Crippen MR) is 70.9 cm³/mol. The molecule has 8 heteroatoms. The first-order valence-electron chi connectivity index (χ1n) is 6.36. The number of ether oxygens (including phenoxy) is 1. The van der Waals surface area contributed by atoms with E-state index in [9.17, 15) is 17.6 Å². The molecule has 0 bridgehead atoms. The van der Waals surface area contributed by atoms with Gasteiger partial charge in [0.15, 0.2) is 5.82 Å². The van der Waals surface area contributed by atoms with Gasteiger partial charge in [-0.25, -0.2) is 18.7 Å². The molecule has 0 fully saturated rings. The Labute approximate surface area is 120 Å². The van der Waals surface area contributed by atoms with Gasteiger partial charge in [0.25, 0.3) is 0 Å². The zero-order valence-electron chi connectivity index (χ0n) is 12.4. The third-order valence-electron chi connectivity index (χ3n) is 2.64. The molecule has 1 rings (SSSR count). The molecule has 1 heterocycles. The summed E-state index contributed by atoms with van der Waals surface area (Å²) in [5.74, 6) is -3.50. The molecular weight excluding hydrogens is 290 g/mol. The summed E-state index contributed by atoms with van der Waals surface area (Å²) in [5.41, 5.74) is 0.428. The van der Waals surface area contributed by atoms with Crippen molar-refractivity contribution >= 4 is 5.82 Å². The molecule has 0 saturated heterocycles. The Balaban J connectivity index is 2.80. The van der Waals surface area contributed by atoms with E-state index in [1.165, 1.54) is 0 Å². The Kier molecular flexibility index (Phi) is 5.49. The van der Waals surface area contributed by atoms with Crippen LogP contribution in [0.5, 0.6) is 0 Å². The number of nitrogens with zero attached hydrogens (tertiary/aromatic N) is 2. The lowest BCUT2D eigenvalue weighted by molar-refractivity contribution is -0.168. The van der Waals surface area contributed by atoms with E-state index in [0.29, 0.717) is 11.5 Å². The summed E-state index contributed by atoms with van der Waals surface area (Å²) in [6.45, 7) is 4.07. The first-order valence-corrected chi connectivity index (χ1v) is 6.36. The van der Waals surface area contributed by atoms with Crippen molar-refractivity contribution in [3.63, 3.8) is 0 Å². The number of rotatable bonds is 6. The van der Waals surface area contributed by atoms with Gasteiger partial charge in [0.05, 0.1) is 5.69 Å². The van der Waals surface area contributed by atoms with Crippen LogP contribution in [0.25, 0.3) is 0 Å². The van der Waals surface area contributed by atoms with Crippen molar-refractivity contribution < 1.29 is 22.3 Å². The fraction of sp³-hybridized carbons (Fsp3) is 0.692. The predicted octanol–water partition coefficient (Wildman–Crippen LogP) is 3.23. The van der Waals surface area contributed by atoms with Crippen molar-refractivity contribution in [2.45, 2.75) is 45.1 Å². The normalized spacial score (nSPS) is 12.8. The smallest absolute Gasteiger partial charge is 0.330 e. The number of nitrogens with one attached hydrogen (secondary N) is 1. The van der Waals surface area contributed by atoms with Crippen LogP contribution >= 0.6 is 0 Å². The van der Waals surface area contributed by atoms with Crippen molar-refractivity contribution in [3.8, 4) is 0 Å². The molecule has 120 valence electrons. The van der Waals surface area contributed by atoms with Crippen LogP contribution in [-0.2, 0) is 16.8 Å². The number of halogens is 4. The lowest BCUT2D eigenvalue weighted by atomic mass is 9.92. The van der Waals surface area contributed by atoms with E-state index in [-0.39, 0.29) is 17.8 Å². The van der Waals surface area contributed by atoms with Gasteiger partial charge in [-0.15, -0.1) is 0 Å². The maximum absolute atomic E-state index is 12.7. The van der Waals surface area contributed by atoms with Crippen molar-refractivity contribution in [3.05, 3.63) is 17.6 Å². The Hall–Kier alpha value is -1.44. The fourth-order valence-electron chi connectivity index (χ4n) is 1.42. The molecule has 0 radical (unpaired) electrons. The average Bonchev–Trinajstić information content (AvgIpc) is 2.36. The number of anilines is 1. The second-order valence-corrected chi connectivity index (χ2v) is 5.61. The van der Waals surface area contributed by atoms with Gasteiger partial charge in [-0.3, -0.25) is 0 Å². The van der Waals surface area contributed by atoms with Crippen LogP contribution in [0.2, 0.25) is 0 Å². The number of hydrogen-bond acceptors (Lipinski definition) is 4. The van der Waals surface area contributed by atoms with Crippen LogP contribution in [0.1, 0.15) is 32.3 Å². The van der Waals surface area contributed by atoms with E-state index >= 15 is 0 Å². The monoisotopic (exact) mass is 309 g/mol. The molecule has 0 unspecified atom stereocenters. The van der Waals surface area contributed by atoms with Gasteiger partial charge in [-0.2, -0.15) is 8.78 Å². The number of aromatic nitrogens is 2. The van der Waals surface area contributed by atoms with Gasteiger partial charge in [0.2, 0.25) is 0 Å². The van der Waals surface area contributed by atoms with Gasteiger partial charge in [-0.05, 0) is 0 Å². The zero-order chi connectivity index (χ0) is 16.3. The molecule has 0 atom stereocenters. The molecule has 4 nitrogen and oxygen atoms in total. The Morgan fingerprint density at radius 3 is 2.33 bits per heavy atom. The summed E-state index contributed by atoms with van der Waals surface area (Å²) in [6, 6.07) is 1.73. The van der Waals surface area contributed by atoms with Gasteiger partial charge >= 0.3 is 12.3 Å². The molecule has 1 N–H and O–H groups in total. The van der Waals surface area contributed by atoms with Gasteiger partial charge in [-0.1, -0.05) is 20.8 Å². The lowest BCUT2D eigenvalue weighted by Crippen LogP contribution is -2.32. The summed E-state index contributed by atoms with van der Waals surface area (Å²) in [7, 11) is 1.66. The summed E-state index contributed by atoms with van der Waals surface area (Å²) in [6.07, 6.45) is -3.76. The van der Waals surface area contributed by atoms with Gasteiger partial charge < -0.3 is 10.1 Å². The first-order chi connectivity index (χ1) is 9.56. The minimum absolute atomic E-state index is 0.164. The molecule has 1 aromatic rings. The SMILES string of the molecule is CNc1cc(C(C)(C)C)nc(COCC(F)(F)C(F)F)n1. The van der Waals surface area contributed by atoms with Gasteiger partial charge in [0.1, 0.15) is 19.0 Å². The van der Waals surface area contributed by atoms with E-state index < -0.39 is 19.0 Å². The fourth-order valence-corrected chi connectivity index (χ4v) is 1.42. The molecule has 0 aliphatic rings. The zero-order valence-corrected chi connectivity index (χ0v) is 12.4. The maximum atomic E-state index is 12.7. The van der Waals surface area contributed by atoms with Gasteiger partial charge in [0, 0.05) is 18.5 Å². The third kappa shape index (κ3) is 5.11. The number of hydrogen-bond donors (Lipinski definition) is 1. The average molecular weight is 309 g/mol. The molecule has 0 spiro atoms. The Morgan fingerprint density at radius 1 is 1.24 bits per heavy atom. The van der Waals surface area contributed by atoms with E-state index in [2.05, 4.69) is 20.0 Å². The Morgan fingerprint density at radius 2 is 1.86 bits per heavy atom. The molecule has 1 aromatic heterocycles. The molecule has 0 aliphatic carbocycles. The highest BCUT2D eigenvalue weighted by atomic mass is 19.3. The molecule has 0 aliphatic heterocycles. The quantitative estimate of drug-likeness (QED) is 0.820. The minimum atomic E-state index is -4.17.